The monoisotopic (exact) mass is 153 g/mol. The highest BCUT2D eigenvalue weighted by atomic mass is 16.3. The Labute approximate surface area is 69.5 Å². The van der Waals surface area contributed by atoms with E-state index in [0.717, 1.165) is 12.8 Å². The van der Waals surface area contributed by atoms with Gasteiger partial charge >= 0.3 is 0 Å². The number of rotatable bonds is 0. The third kappa shape index (κ3) is 0.871. The van der Waals surface area contributed by atoms with Crippen molar-refractivity contribution in [3.05, 3.63) is 12.1 Å². The van der Waals surface area contributed by atoms with Crippen molar-refractivity contribution >= 4 is 0 Å². The van der Waals surface area contributed by atoms with E-state index in [-0.39, 0.29) is 5.41 Å². The lowest BCUT2D eigenvalue weighted by molar-refractivity contribution is -0.0700. The van der Waals surface area contributed by atoms with Crippen molar-refractivity contribution in [1.29, 1.82) is 0 Å². The van der Waals surface area contributed by atoms with E-state index in [0.29, 0.717) is 17.9 Å². The lowest BCUT2D eigenvalue weighted by Crippen LogP contribution is -2.48. The van der Waals surface area contributed by atoms with E-state index in [1.54, 1.807) is 0 Å². The first kappa shape index (κ1) is 6.24. The van der Waals surface area contributed by atoms with Crippen LogP contribution >= 0.6 is 0 Å². The summed E-state index contributed by atoms with van der Waals surface area (Å²) < 4.78 is 7.56. The SMILES string of the molecule is [2H]C1=CCC2CC([C@@H]1O)C2(C)C. The van der Waals surface area contributed by atoms with Crippen LogP contribution in [0.25, 0.3) is 0 Å². The molecule has 0 aromatic rings. The standard InChI is InChI=1S/C10H16O/c1-10(2)7-4-3-5-9(11)8(10)6-7/h3,5,7-9,11H,4,6H2,1-2H3/t7?,8?,9-/m1/s1/i5D. The number of allylic oxidation sites excluding steroid dienone is 1. The van der Waals surface area contributed by atoms with Crippen molar-refractivity contribution < 1.29 is 6.48 Å². The molecule has 0 aromatic carbocycles. The number of aliphatic hydroxyl groups is 1. The first-order valence-corrected chi connectivity index (χ1v) is 4.38. The van der Waals surface area contributed by atoms with Crippen LogP contribution in [0, 0.1) is 17.3 Å². The van der Waals surface area contributed by atoms with Crippen molar-refractivity contribution in [2.75, 3.05) is 0 Å². The first-order valence-electron chi connectivity index (χ1n) is 4.88. The highest BCUT2D eigenvalue weighted by Gasteiger charge is 2.50. The summed E-state index contributed by atoms with van der Waals surface area (Å²) in [5.41, 5.74) is 0.249. The minimum atomic E-state index is -0.501. The van der Waals surface area contributed by atoms with E-state index in [2.05, 4.69) is 13.8 Å². The predicted octanol–water partition coefficient (Wildman–Crippen LogP) is 1.97. The molecule has 1 fully saturated rings. The minimum absolute atomic E-state index is 0.249. The molecule has 0 saturated heterocycles. The molecule has 0 heterocycles. The Morgan fingerprint density at radius 3 is 3.00 bits per heavy atom. The van der Waals surface area contributed by atoms with Gasteiger partial charge in [-0.15, -0.1) is 0 Å². The summed E-state index contributed by atoms with van der Waals surface area (Å²) >= 11 is 0. The molecule has 2 bridgehead atoms. The molecular weight excluding hydrogens is 136 g/mol. The topological polar surface area (TPSA) is 20.2 Å². The molecule has 11 heavy (non-hydrogen) atoms. The Morgan fingerprint density at radius 1 is 1.64 bits per heavy atom. The summed E-state index contributed by atoms with van der Waals surface area (Å²) in [7, 11) is 0. The van der Waals surface area contributed by atoms with Gasteiger partial charge in [0.25, 0.3) is 0 Å². The van der Waals surface area contributed by atoms with Gasteiger partial charge < -0.3 is 5.11 Å². The fraction of sp³-hybridized carbons (Fsp3) is 0.800. The number of hydrogen-bond donors (Lipinski definition) is 1. The van der Waals surface area contributed by atoms with Gasteiger partial charge in [-0.1, -0.05) is 26.0 Å². The minimum Gasteiger partial charge on any atom is -0.389 e. The third-order valence-electron chi connectivity index (χ3n) is 3.62. The second kappa shape index (κ2) is 2.10. The highest BCUT2D eigenvalue weighted by Crippen LogP contribution is 2.55. The molecule has 1 heteroatoms. The molecule has 1 N–H and O–H groups in total. The summed E-state index contributed by atoms with van der Waals surface area (Å²) in [6.45, 7) is 4.42. The first-order chi connectivity index (χ1) is 5.53. The van der Waals surface area contributed by atoms with Gasteiger partial charge in [0.1, 0.15) is 0 Å². The molecule has 0 spiro atoms. The molecular formula is C10H16O. The van der Waals surface area contributed by atoms with Gasteiger partial charge in [-0.3, -0.25) is 0 Å². The second-order valence-corrected chi connectivity index (χ2v) is 4.41. The number of aliphatic hydroxyl groups excluding tert-OH is 1. The van der Waals surface area contributed by atoms with Crippen LogP contribution in [-0.4, -0.2) is 11.2 Å². The lowest BCUT2D eigenvalue weighted by atomic mass is 9.53. The number of fused-ring (bicyclic) bond motifs is 2. The van der Waals surface area contributed by atoms with Crippen molar-refractivity contribution in [3.63, 3.8) is 0 Å². The lowest BCUT2D eigenvalue weighted by Gasteiger charge is -2.52. The molecule has 0 radical (unpaired) electrons. The maximum Gasteiger partial charge on any atom is 0.0754 e. The van der Waals surface area contributed by atoms with E-state index in [4.69, 9.17) is 1.37 Å². The van der Waals surface area contributed by atoms with Crippen molar-refractivity contribution in [2.45, 2.75) is 32.8 Å². The Balaban J connectivity index is 2.26. The maximum absolute atomic E-state index is 9.74. The molecule has 1 saturated carbocycles. The molecule has 0 aliphatic heterocycles. The van der Waals surface area contributed by atoms with Gasteiger partial charge in [0.15, 0.2) is 0 Å². The van der Waals surface area contributed by atoms with Gasteiger partial charge in [0.05, 0.1) is 7.47 Å². The van der Waals surface area contributed by atoms with E-state index in [1.807, 2.05) is 6.08 Å². The fourth-order valence-corrected chi connectivity index (χ4v) is 2.44. The van der Waals surface area contributed by atoms with Crippen LogP contribution in [0.4, 0.5) is 0 Å². The molecule has 62 valence electrons. The van der Waals surface area contributed by atoms with Crippen LogP contribution in [0.5, 0.6) is 0 Å². The zero-order valence-electron chi connectivity index (χ0n) is 8.17. The zero-order valence-corrected chi connectivity index (χ0v) is 7.17. The predicted molar refractivity (Wildman–Crippen MR) is 45.1 cm³/mol. The molecule has 3 atom stereocenters. The van der Waals surface area contributed by atoms with Gasteiger partial charge in [-0.25, -0.2) is 0 Å². The van der Waals surface area contributed by atoms with Crippen molar-refractivity contribution in [1.82, 2.24) is 0 Å². The van der Waals surface area contributed by atoms with Crippen LogP contribution < -0.4 is 0 Å². The largest absolute Gasteiger partial charge is 0.389 e. The molecule has 3 aliphatic carbocycles. The second-order valence-electron chi connectivity index (χ2n) is 4.41. The number of hydrogen-bond acceptors (Lipinski definition) is 1. The van der Waals surface area contributed by atoms with Crippen LogP contribution in [0.2, 0.25) is 0 Å². The van der Waals surface area contributed by atoms with Gasteiger partial charge in [-0.2, -0.15) is 0 Å². The smallest absolute Gasteiger partial charge is 0.0754 e. The van der Waals surface area contributed by atoms with E-state index in [1.165, 1.54) is 0 Å². The molecule has 0 aromatic heterocycles. The molecule has 3 aliphatic rings. The Kier molecular flexibility index (Phi) is 1.19. The van der Waals surface area contributed by atoms with E-state index >= 15 is 0 Å². The Morgan fingerprint density at radius 2 is 2.36 bits per heavy atom. The summed E-state index contributed by atoms with van der Waals surface area (Å²) in [5, 5.41) is 9.74. The zero-order chi connectivity index (χ0) is 8.93. The van der Waals surface area contributed by atoms with Gasteiger partial charge in [-0.05, 0) is 30.1 Å². The normalized spacial score (nSPS) is 48.5. The quantitative estimate of drug-likeness (QED) is 0.527. The Hall–Kier alpha value is -0.300. The van der Waals surface area contributed by atoms with Crippen LogP contribution in [0.3, 0.4) is 0 Å². The molecule has 1 nitrogen and oxygen atoms in total. The summed E-state index contributed by atoms with van der Waals surface area (Å²) in [6.07, 6.45) is 3.48. The highest BCUT2D eigenvalue weighted by molar-refractivity contribution is 5.10. The fourth-order valence-electron chi connectivity index (χ4n) is 2.44. The summed E-state index contributed by atoms with van der Waals surface area (Å²) in [4.78, 5) is 0. The van der Waals surface area contributed by atoms with E-state index < -0.39 is 6.10 Å². The van der Waals surface area contributed by atoms with Gasteiger partial charge in [0.2, 0.25) is 0 Å². The van der Waals surface area contributed by atoms with Crippen molar-refractivity contribution in [2.24, 2.45) is 17.3 Å². The van der Waals surface area contributed by atoms with Crippen LogP contribution in [0.15, 0.2) is 12.1 Å². The summed E-state index contributed by atoms with van der Waals surface area (Å²) in [6, 6.07) is 0.438. The van der Waals surface area contributed by atoms with Crippen molar-refractivity contribution in [3.8, 4) is 0 Å². The Bertz CT molecular complexity index is 232. The maximum atomic E-state index is 9.74. The average Bonchev–Trinajstić information content (AvgIpc) is 2.18. The van der Waals surface area contributed by atoms with Crippen LogP contribution in [-0.2, 0) is 0 Å². The van der Waals surface area contributed by atoms with E-state index in [9.17, 15) is 5.11 Å². The molecule has 0 amide bonds. The average molecular weight is 153 g/mol. The third-order valence-corrected chi connectivity index (χ3v) is 3.62. The summed E-state index contributed by atoms with van der Waals surface area (Å²) in [5.74, 6) is 1.02. The van der Waals surface area contributed by atoms with Crippen LogP contribution in [0.1, 0.15) is 28.1 Å². The molecule has 3 rings (SSSR count). The van der Waals surface area contributed by atoms with Gasteiger partial charge in [0, 0.05) is 0 Å². The molecule has 2 unspecified atom stereocenters.